The molecule has 0 atom stereocenters. The van der Waals surface area contributed by atoms with Crippen molar-refractivity contribution >= 4 is 6.09 Å². The van der Waals surface area contributed by atoms with Crippen molar-refractivity contribution in [1.82, 2.24) is 10.2 Å². The number of hydrogen-bond acceptors (Lipinski definition) is 3. The van der Waals surface area contributed by atoms with E-state index >= 15 is 0 Å². The minimum absolute atomic E-state index is 0.163. The summed E-state index contributed by atoms with van der Waals surface area (Å²) in [4.78, 5) is 12.3. The summed E-state index contributed by atoms with van der Waals surface area (Å²) in [7, 11) is 1.66. The van der Waals surface area contributed by atoms with Crippen LogP contribution in [0, 0.1) is 0 Å². The smallest absolute Gasteiger partial charge is 0.407 e. The molecule has 0 aromatic rings. The van der Waals surface area contributed by atoms with E-state index in [1.807, 2.05) is 6.08 Å². The minimum atomic E-state index is -0.830. The second-order valence-corrected chi connectivity index (χ2v) is 5.73. The summed E-state index contributed by atoms with van der Waals surface area (Å²) in [5, 5.41) is 12.3. The molecule has 0 aromatic carbocycles. The van der Waals surface area contributed by atoms with Gasteiger partial charge in [0, 0.05) is 19.7 Å². The zero-order chi connectivity index (χ0) is 15.5. The Kier molecular flexibility index (Phi) is 9.10. The Labute approximate surface area is 128 Å². The second kappa shape index (κ2) is 10.6. The Balaban J connectivity index is 1.98. The number of hydrogen-bond donors (Lipinski definition) is 2. The summed E-state index contributed by atoms with van der Waals surface area (Å²) in [6.07, 6.45) is 8.41. The number of rotatable bonds is 10. The fraction of sp³-hybridized carbons (Fsp3) is 0.812. The molecule has 0 unspecified atom stereocenters. The van der Waals surface area contributed by atoms with Gasteiger partial charge in [0.2, 0.25) is 0 Å². The standard InChI is InChI=1S/C16H30N2O3/c1-3-4-11-17-12-5-6-13-21-15-9-7-14(8-10-15)18(2)16(19)20/h3,14-15,17H,1,4-13H2,2H3,(H,19,20)/t14-,15-. The molecule has 1 saturated carbocycles. The van der Waals surface area contributed by atoms with Crippen molar-refractivity contribution in [3.05, 3.63) is 12.7 Å². The Bertz CT molecular complexity index is 302. The molecule has 0 saturated heterocycles. The van der Waals surface area contributed by atoms with Crippen LogP contribution in [-0.2, 0) is 4.74 Å². The largest absolute Gasteiger partial charge is 0.465 e. The van der Waals surface area contributed by atoms with E-state index in [4.69, 9.17) is 9.84 Å². The van der Waals surface area contributed by atoms with E-state index in [2.05, 4.69) is 11.9 Å². The van der Waals surface area contributed by atoms with Gasteiger partial charge in [-0.05, 0) is 58.0 Å². The minimum Gasteiger partial charge on any atom is -0.465 e. The summed E-state index contributed by atoms with van der Waals surface area (Å²) in [6, 6.07) is 0.163. The van der Waals surface area contributed by atoms with E-state index in [0.717, 1.165) is 64.6 Å². The van der Waals surface area contributed by atoms with Crippen LogP contribution in [0.1, 0.15) is 44.9 Å². The summed E-state index contributed by atoms with van der Waals surface area (Å²) < 4.78 is 5.89. The van der Waals surface area contributed by atoms with E-state index in [0.29, 0.717) is 6.10 Å². The Morgan fingerprint density at radius 1 is 1.33 bits per heavy atom. The van der Waals surface area contributed by atoms with Crippen LogP contribution < -0.4 is 5.32 Å². The highest BCUT2D eigenvalue weighted by Gasteiger charge is 2.26. The normalized spacial score (nSPS) is 22.0. The molecule has 5 nitrogen and oxygen atoms in total. The van der Waals surface area contributed by atoms with E-state index in [1.54, 1.807) is 7.05 Å². The van der Waals surface area contributed by atoms with Gasteiger partial charge in [0.05, 0.1) is 6.10 Å². The van der Waals surface area contributed by atoms with E-state index in [1.165, 1.54) is 4.90 Å². The molecule has 0 aromatic heterocycles. The van der Waals surface area contributed by atoms with Crippen LogP contribution >= 0.6 is 0 Å². The zero-order valence-electron chi connectivity index (χ0n) is 13.2. The molecular weight excluding hydrogens is 268 g/mol. The van der Waals surface area contributed by atoms with Gasteiger partial charge in [-0.1, -0.05) is 6.08 Å². The molecule has 5 heteroatoms. The maximum atomic E-state index is 10.9. The molecule has 0 radical (unpaired) electrons. The molecule has 1 rings (SSSR count). The number of ether oxygens (including phenoxy) is 1. The zero-order valence-corrected chi connectivity index (χ0v) is 13.2. The molecule has 0 bridgehead atoms. The highest BCUT2D eigenvalue weighted by Crippen LogP contribution is 2.24. The van der Waals surface area contributed by atoms with Gasteiger partial charge < -0.3 is 20.1 Å². The molecule has 122 valence electrons. The van der Waals surface area contributed by atoms with Crippen LogP contribution in [0.4, 0.5) is 4.79 Å². The van der Waals surface area contributed by atoms with Crippen molar-refractivity contribution in [2.45, 2.75) is 57.1 Å². The number of unbranched alkanes of at least 4 members (excludes halogenated alkanes) is 1. The van der Waals surface area contributed by atoms with E-state index in [-0.39, 0.29) is 6.04 Å². The van der Waals surface area contributed by atoms with Crippen molar-refractivity contribution in [3.8, 4) is 0 Å². The third-order valence-electron chi connectivity index (χ3n) is 4.12. The number of amides is 1. The van der Waals surface area contributed by atoms with E-state index in [9.17, 15) is 4.79 Å². The number of nitrogens with one attached hydrogen (secondary N) is 1. The van der Waals surface area contributed by atoms with Gasteiger partial charge >= 0.3 is 6.09 Å². The van der Waals surface area contributed by atoms with Gasteiger partial charge in [0.25, 0.3) is 0 Å². The van der Waals surface area contributed by atoms with Crippen LogP contribution in [-0.4, -0.2) is 55.0 Å². The van der Waals surface area contributed by atoms with Crippen LogP contribution in [0.15, 0.2) is 12.7 Å². The highest BCUT2D eigenvalue weighted by atomic mass is 16.5. The molecule has 1 fully saturated rings. The lowest BCUT2D eigenvalue weighted by Crippen LogP contribution is -2.40. The average Bonchev–Trinajstić information content (AvgIpc) is 2.49. The van der Waals surface area contributed by atoms with Gasteiger partial charge in [0.15, 0.2) is 0 Å². The molecule has 1 aliphatic carbocycles. The van der Waals surface area contributed by atoms with Crippen molar-refractivity contribution in [2.24, 2.45) is 0 Å². The third kappa shape index (κ3) is 7.48. The molecule has 1 amide bonds. The van der Waals surface area contributed by atoms with Gasteiger partial charge in [-0.25, -0.2) is 4.79 Å². The predicted octanol–water partition coefficient (Wildman–Crippen LogP) is 2.87. The molecule has 21 heavy (non-hydrogen) atoms. The summed E-state index contributed by atoms with van der Waals surface area (Å²) in [6.45, 7) is 6.54. The maximum Gasteiger partial charge on any atom is 0.407 e. The molecule has 0 heterocycles. The SMILES string of the molecule is C=CCCNCCCCO[C@H]1CC[C@H](N(C)C(=O)O)CC1. The molecule has 2 N–H and O–H groups in total. The number of carbonyl (C=O) groups is 1. The number of nitrogens with zero attached hydrogens (tertiary/aromatic N) is 1. The molecular formula is C16H30N2O3. The molecule has 0 aliphatic heterocycles. The van der Waals surface area contributed by atoms with Crippen LogP contribution in [0.2, 0.25) is 0 Å². The van der Waals surface area contributed by atoms with Gasteiger partial charge in [-0.3, -0.25) is 0 Å². The van der Waals surface area contributed by atoms with Crippen LogP contribution in [0.5, 0.6) is 0 Å². The van der Waals surface area contributed by atoms with Gasteiger partial charge in [-0.2, -0.15) is 0 Å². The van der Waals surface area contributed by atoms with Crippen molar-refractivity contribution < 1.29 is 14.6 Å². The van der Waals surface area contributed by atoms with Crippen LogP contribution in [0.3, 0.4) is 0 Å². The Morgan fingerprint density at radius 3 is 2.67 bits per heavy atom. The third-order valence-corrected chi connectivity index (χ3v) is 4.12. The van der Waals surface area contributed by atoms with Crippen molar-refractivity contribution in [1.29, 1.82) is 0 Å². The highest BCUT2D eigenvalue weighted by molar-refractivity contribution is 5.64. The lowest BCUT2D eigenvalue weighted by Gasteiger charge is -2.33. The number of carboxylic acid groups (broad SMARTS) is 1. The summed E-state index contributed by atoms with van der Waals surface area (Å²) in [5.41, 5.74) is 0. The Morgan fingerprint density at radius 2 is 2.05 bits per heavy atom. The summed E-state index contributed by atoms with van der Waals surface area (Å²) >= 11 is 0. The van der Waals surface area contributed by atoms with Gasteiger partial charge in [-0.15, -0.1) is 6.58 Å². The lowest BCUT2D eigenvalue weighted by atomic mass is 9.92. The van der Waals surface area contributed by atoms with Crippen molar-refractivity contribution in [2.75, 3.05) is 26.7 Å². The second-order valence-electron chi connectivity index (χ2n) is 5.73. The van der Waals surface area contributed by atoms with Crippen LogP contribution in [0.25, 0.3) is 0 Å². The summed E-state index contributed by atoms with van der Waals surface area (Å²) in [5.74, 6) is 0. The topological polar surface area (TPSA) is 61.8 Å². The first-order chi connectivity index (χ1) is 10.1. The Hall–Kier alpha value is -1.07. The first-order valence-corrected chi connectivity index (χ1v) is 8.04. The first-order valence-electron chi connectivity index (χ1n) is 8.04. The van der Waals surface area contributed by atoms with E-state index < -0.39 is 6.09 Å². The molecule has 0 spiro atoms. The fourth-order valence-electron chi connectivity index (χ4n) is 2.69. The van der Waals surface area contributed by atoms with Gasteiger partial charge in [0.1, 0.15) is 0 Å². The average molecular weight is 298 g/mol. The predicted molar refractivity (Wildman–Crippen MR) is 84.7 cm³/mol. The first kappa shape index (κ1) is 18.0. The molecule has 1 aliphatic rings. The maximum absolute atomic E-state index is 10.9. The van der Waals surface area contributed by atoms with Crippen molar-refractivity contribution in [3.63, 3.8) is 0 Å². The lowest BCUT2D eigenvalue weighted by molar-refractivity contribution is 0.0102. The quantitative estimate of drug-likeness (QED) is 0.481. The monoisotopic (exact) mass is 298 g/mol. The fourth-order valence-corrected chi connectivity index (χ4v) is 2.69.